The fourth-order valence-electron chi connectivity index (χ4n) is 1.25. The van der Waals surface area contributed by atoms with Crippen LogP contribution < -0.4 is 0 Å². The Bertz CT molecular complexity index is 325. The van der Waals surface area contributed by atoms with E-state index in [9.17, 15) is 4.79 Å². The monoisotopic (exact) mass is 208 g/mol. The van der Waals surface area contributed by atoms with Gasteiger partial charge in [-0.2, -0.15) is 0 Å². The molecule has 0 aromatic heterocycles. The SMILES string of the molecule is CCCc1ccc(/C=C/C(=O)Cl)cc1. The first kappa shape index (κ1) is 11.0. The van der Waals surface area contributed by atoms with Crippen molar-refractivity contribution in [2.75, 3.05) is 0 Å². The molecule has 0 atom stereocenters. The van der Waals surface area contributed by atoms with Gasteiger partial charge in [0.2, 0.25) is 5.24 Å². The maximum absolute atomic E-state index is 10.5. The standard InChI is InChI=1S/C12H13ClO/c1-2-3-10-4-6-11(7-5-10)8-9-12(13)14/h4-9H,2-3H2,1H3/b9-8+. The average Bonchev–Trinajstić information content (AvgIpc) is 2.17. The van der Waals surface area contributed by atoms with E-state index in [2.05, 4.69) is 19.1 Å². The fourth-order valence-corrected chi connectivity index (χ4v) is 1.31. The molecule has 0 unspecified atom stereocenters. The van der Waals surface area contributed by atoms with E-state index in [0.29, 0.717) is 0 Å². The third kappa shape index (κ3) is 3.75. The summed E-state index contributed by atoms with van der Waals surface area (Å²) in [4.78, 5) is 10.5. The van der Waals surface area contributed by atoms with Crippen LogP contribution in [0.15, 0.2) is 30.3 Å². The summed E-state index contributed by atoms with van der Waals surface area (Å²) in [6.45, 7) is 2.15. The van der Waals surface area contributed by atoms with Gasteiger partial charge in [-0.25, -0.2) is 0 Å². The number of benzene rings is 1. The third-order valence-electron chi connectivity index (χ3n) is 1.93. The molecule has 0 N–H and O–H groups in total. The van der Waals surface area contributed by atoms with E-state index in [4.69, 9.17) is 11.6 Å². The second-order valence-corrected chi connectivity index (χ2v) is 3.50. The molecule has 14 heavy (non-hydrogen) atoms. The fraction of sp³-hybridized carbons (Fsp3) is 0.250. The predicted molar refractivity (Wildman–Crippen MR) is 60.3 cm³/mol. The number of hydrogen-bond acceptors (Lipinski definition) is 1. The van der Waals surface area contributed by atoms with Crippen LogP contribution in [0, 0.1) is 0 Å². The molecule has 2 heteroatoms. The summed E-state index contributed by atoms with van der Waals surface area (Å²) in [6, 6.07) is 8.12. The zero-order valence-electron chi connectivity index (χ0n) is 8.16. The molecular formula is C12H13ClO. The molecule has 1 aromatic carbocycles. The second kappa shape index (κ2) is 5.61. The molecule has 0 bridgehead atoms. The van der Waals surface area contributed by atoms with E-state index in [1.54, 1.807) is 6.08 Å². The Hall–Kier alpha value is -1.08. The minimum absolute atomic E-state index is 0.442. The number of carbonyl (C=O) groups is 1. The zero-order valence-corrected chi connectivity index (χ0v) is 8.92. The molecular weight excluding hydrogens is 196 g/mol. The molecule has 0 spiro atoms. The van der Waals surface area contributed by atoms with Crippen LogP contribution in [0.4, 0.5) is 0 Å². The lowest BCUT2D eigenvalue weighted by atomic mass is 10.1. The van der Waals surface area contributed by atoms with Gasteiger partial charge in [-0.15, -0.1) is 0 Å². The molecule has 0 saturated carbocycles. The Labute approximate surface area is 89.4 Å². The van der Waals surface area contributed by atoms with Crippen molar-refractivity contribution in [1.29, 1.82) is 0 Å². The van der Waals surface area contributed by atoms with Gasteiger partial charge in [-0.05, 0) is 35.2 Å². The molecule has 1 rings (SSSR count). The predicted octanol–water partition coefficient (Wildman–Crippen LogP) is 3.42. The minimum atomic E-state index is -0.442. The van der Waals surface area contributed by atoms with E-state index in [0.717, 1.165) is 18.4 Å². The summed E-state index contributed by atoms with van der Waals surface area (Å²) in [6.07, 6.45) is 5.31. The van der Waals surface area contributed by atoms with Crippen LogP contribution in [0.3, 0.4) is 0 Å². The van der Waals surface area contributed by atoms with Gasteiger partial charge in [0.1, 0.15) is 0 Å². The molecule has 0 fully saturated rings. The van der Waals surface area contributed by atoms with E-state index in [1.165, 1.54) is 11.6 Å². The first-order valence-electron chi connectivity index (χ1n) is 4.69. The molecule has 1 aromatic rings. The lowest BCUT2D eigenvalue weighted by Gasteiger charge is -1.98. The van der Waals surface area contributed by atoms with E-state index >= 15 is 0 Å². The summed E-state index contributed by atoms with van der Waals surface area (Å²) >= 11 is 5.18. The van der Waals surface area contributed by atoms with Crippen molar-refractivity contribution in [2.24, 2.45) is 0 Å². The van der Waals surface area contributed by atoms with E-state index in [-0.39, 0.29) is 0 Å². The highest BCUT2D eigenvalue weighted by atomic mass is 35.5. The Morgan fingerprint density at radius 1 is 1.36 bits per heavy atom. The van der Waals surface area contributed by atoms with Gasteiger partial charge in [0.15, 0.2) is 0 Å². The molecule has 0 heterocycles. The van der Waals surface area contributed by atoms with Crippen molar-refractivity contribution in [3.05, 3.63) is 41.5 Å². The number of aryl methyl sites for hydroxylation is 1. The molecule has 0 aliphatic heterocycles. The molecule has 0 radical (unpaired) electrons. The summed E-state index contributed by atoms with van der Waals surface area (Å²) in [5.41, 5.74) is 2.32. The molecule has 1 nitrogen and oxygen atoms in total. The van der Waals surface area contributed by atoms with Crippen molar-refractivity contribution >= 4 is 22.9 Å². The summed E-state index contributed by atoms with van der Waals surface area (Å²) in [5.74, 6) is 0. The van der Waals surface area contributed by atoms with Gasteiger partial charge in [0.25, 0.3) is 0 Å². The maximum Gasteiger partial charge on any atom is 0.245 e. The Balaban J connectivity index is 2.68. The van der Waals surface area contributed by atoms with Crippen LogP contribution in [0.5, 0.6) is 0 Å². The first-order valence-corrected chi connectivity index (χ1v) is 5.06. The molecule has 74 valence electrons. The number of allylic oxidation sites excluding steroid dienone is 1. The highest BCUT2D eigenvalue weighted by Crippen LogP contribution is 2.08. The summed E-state index contributed by atoms with van der Waals surface area (Å²) < 4.78 is 0. The number of halogens is 1. The van der Waals surface area contributed by atoms with Crippen LogP contribution in [0.2, 0.25) is 0 Å². The van der Waals surface area contributed by atoms with E-state index in [1.807, 2.05) is 12.1 Å². The highest BCUT2D eigenvalue weighted by Gasteiger charge is 1.91. The normalized spacial score (nSPS) is 10.7. The van der Waals surface area contributed by atoms with Crippen LogP contribution in [-0.4, -0.2) is 5.24 Å². The van der Waals surface area contributed by atoms with Crippen LogP contribution >= 0.6 is 11.6 Å². The first-order chi connectivity index (χ1) is 6.72. The molecule has 0 aliphatic rings. The van der Waals surface area contributed by atoms with Crippen molar-refractivity contribution in [2.45, 2.75) is 19.8 Å². The third-order valence-corrected chi connectivity index (χ3v) is 2.05. The van der Waals surface area contributed by atoms with Gasteiger partial charge in [0, 0.05) is 0 Å². The lowest BCUT2D eigenvalue weighted by Crippen LogP contribution is -1.82. The Morgan fingerprint density at radius 2 is 2.00 bits per heavy atom. The van der Waals surface area contributed by atoms with Crippen molar-refractivity contribution in [3.63, 3.8) is 0 Å². The Morgan fingerprint density at radius 3 is 2.50 bits per heavy atom. The number of carbonyl (C=O) groups excluding carboxylic acids is 1. The molecule has 0 aliphatic carbocycles. The van der Waals surface area contributed by atoms with Crippen molar-refractivity contribution in [3.8, 4) is 0 Å². The van der Waals surface area contributed by atoms with Crippen LogP contribution in [0.25, 0.3) is 6.08 Å². The van der Waals surface area contributed by atoms with Gasteiger partial charge in [0.05, 0.1) is 0 Å². The number of hydrogen-bond donors (Lipinski definition) is 0. The highest BCUT2D eigenvalue weighted by molar-refractivity contribution is 6.66. The van der Waals surface area contributed by atoms with Crippen molar-refractivity contribution in [1.82, 2.24) is 0 Å². The van der Waals surface area contributed by atoms with Crippen molar-refractivity contribution < 1.29 is 4.79 Å². The number of rotatable bonds is 4. The van der Waals surface area contributed by atoms with E-state index < -0.39 is 5.24 Å². The van der Waals surface area contributed by atoms with Gasteiger partial charge < -0.3 is 0 Å². The average molecular weight is 209 g/mol. The van der Waals surface area contributed by atoms with Crippen LogP contribution in [0.1, 0.15) is 24.5 Å². The largest absolute Gasteiger partial charge is 0.276 e. The smallest absolute Gasteiger partial charge is 0.245 e. The maximum atomic E-state index is 10.5. The lowest BCUT2D eigenvalue weighted by molar-refractivity contribution is -0.107. The summed E-state index contributed by atoms with van der Waals surface area (Å²) in [7, 11) is 0. The van der Waals surface area contributed by atoms with Gasteiger partial charge in [-0.1, -0.05) is 43.7 Å². The quantitative estimate of drug-likeness (QED) is 0.548. The molecule has 0 amide bonds. The minimum Gasteiger partial charge on any atom is -0.276 e. The zero-order chi connectivity index (χ0) is 10.4. The van der Waals surface area contributed by atoms with Gasteiger partial charge in [-0.3, -0.25) is 4.79 Å². The topological polar surface area (TPSA) is 17.1 Å². The van der Waals surface area contributed by atoms with Gasteiger partial charge >= 0.3 is 0 Å². The summed E-state index contributed by atoms with van der Waals surface area (Å²) in [5, 5.41) is -0.442. The second-order valence-electron chi connectivity index (χ2n) is 3.13. The van der Waals surface area contributed by atoms with Crippen LogP contribution in [-0.2, 0) is 11.2 Å². The molecule has 0 saturated heterocycles. The Kier molecular flexibility index (Phi) is 4.41.